The van der Waals surface area contributed by atoms with E-state index in [2.05, 4.69) is 41.2 Å². The molecule has 0 spiro atoms. The highest BCUT2D eigenvalue weighted by atomic mass is 79.9. The van der Waals surface area contributed by atoms with E-state index in [4.69, 9.17) is 0 Å². The largest absolute Gasteiger partial charge is 0.337 e. The zero-order chi connectivity index (χ0) is 20.1. The number of nitrogens with zero attached hydrogens (tertiary/aromatic N) is 1. The van der Waals surface area contributed by atoms with Gasteiger partial charge in [0.15, 0.2) is 0 Å². The normalized spacial score (nSPS) is 42.4. The van der Waals surface area contributed by atoms with Gasteiger partial charge in [0, 0.05) is 30.3 Å². The molecule has 4 aliphatic rings. The Morgan fingerprint density at radius 1 is 1.21 bits per heavy atom. The molecule has 0 bridgehead atoms. The van der Waals surface area contributed by atoms with Crippen molar-refractivity contribution < 1.29 is 9.59 Å². The molecule has 6 atom stereocenters. The van der Waals surface area contributed by atoms with Gasteiger partial charge in [-0.05, 0) is 74.2 Å². The fourth-order valence-electron chi connectivity index (χ4n) is 7.41. The third-order valence-corrected chi connectivity index (χ3v) is 9.35. The van der Waals surface area contributed by atoms with Crippen molar-refractivity contribution in [3.8, 4) is 0 Å². The van der Waals surface area contributed by atoms with Crippen molar-refractivity contribution in [2.45, 2.75) is 77.7 Å². The van der Waals surface area contributed by atoms with Crippen LogP contribution in [-0.2, 0) is 9.59 Å². The van der Waals surface area contributed by atoms with Gasteiger partial charge >= 0.3 is 0 Å². The first-order chi connectivity index (χ1) is 13.3. The van der Waals surface area contributed by atoms with Crippen LogP contribution >= 0.6 is 15.9 Å². The Morgan fingerprint density at radius 2 is 2.00 bits per heavy atom. The summed E-state index contributed by atoms with van der Waals surface area (Å²) >= 11 is 3.37. The summed E-state index contributed by atoms with van der Waals surface area (Å²) in [7, 11) is 1.94. The van der Waals surface area contributed by atoms with Gasteiger partial charge in [-0.2, -0.15) is 0 Å². The lowest BCUT2D eigenvalue weighted by molar-refractivity contribution is -0.141. The first-order valence-corrected chi connectivity index (χ1v) is 12.3. The van der Waals surface area contributed by atoms with Crippen LogP contribution in [0.1, 0.15) is 71.6 Å². The fourth-order valence-corrected chi connectivity index (χ4v) is 7.69. The molecular weight excluding hydrogens is 416 g/mol. The number of carbonyl (C=O) groups excluding carboxylic acids is 2. The number of halogens is 1. The number of alkyl halides is 1. The maximum absolute atomic E-state index is 13.0. The first-order valence-electron chi connectivity index (χ1n) is 11.2. The second-order valence-corrected chi connectivity index (χ2v) is 11.0. The van der Waals surface area contributed by atoms with Crippen LogP contribution in [0.15, 0.2) is 11.8 Å². The van der Waals surface area contributed by atoms with E-state index >= 15 is 0 Å². The summed E-state index contributed by atoms with van der Waals surface area (Å²) in [6.07, 6.45) is 12.5. The Bertz CT molecular complexity index is 692. The number of hydrogen-bond acceptors (Lipinski definition) is 2. The summed E-state index contributed by atoms with van der Waals surface area (Å²) in [6, 6.07) is 0.259. The molecule has 5 heteroatoms. The van der Waals surface area contributed by atoms with Gasteiger partial charge in [-0.25, -0.2) is 0 Å². The smallest absolute Gasteiger partial charge is 0.270 e. The van der Waals surface area contributed by atoms with E-state index in [9.17, 15) is 9.59 Å². The summed E-state index contributed by atoms with van der Waals surface area (Å²) in [4.78, 5) is 27.2. The van der Waals surface area contributed by atoms with Crippen LogP contribution in [0.5, 0.6) is 0 Å². The minimum atomic E-state index is -0.0473. The molecule has 3 aliphatic carbocycles. The van der Waals surface area contributed by atoms with Gasteiger partial charge in [-0.1, -0.05) is 36.2 Å². The molecule has 156 valence electrons. The fraction of sp³-hybridized carbons (Fsp3) is 0.826. The number of carbonyl (C=O) groups is 2. The average molecular weight is 451 g/mol. The van der Waals surface area contributed by atoms with E-state index < -0.39 is 0 Å². The standard InChI is InChI=1S/C23H35BrN2O2/c1-22-11-4-6-16(22)15-8-9-19-23(2,17(15)10-12-22)14-18(21(28)26(19)3)25-20(27)7-5-13-24/h14-17,19H,4-13H2,1-3H3,(H,25,27)/t15-,16-,17-,19+,22-,23+/m0/s1. The van der Waals surface area contributed by atoms with E-state index in [1.807, 2.05) is 11.9 Å². The predicted molar refractivity (Wildman–Crippen MR) is 115 cm³/mol. The summed E-state index contributed by atoms with van der Waals surface area (Å²) in [5.41, 5.74) is 1.02. The number of amides is 2. The molecule has 3 fully saturated rings. The number of hydrogen-bond donors (Lipinski definition) is 1. The van der Waals surface area contributed by atoms with Crippen molar-refractivity contribution in [3.63, 3.8) is 0 Å². The molecule has 0 aromatic heterocycles. The van der Waals surface area contributed by atoms with Crippen molar-refractivity contribution in [1.29, 1.82) is 0 Å². The Morgan fingerprint density at radius 3 is 2.75 bits per heavy atom. The molecule has 2 amide bonds. The lowest BCUT2D eigenvalue weighted by Gasteiger charge is -2.60. The highest BCUT2D eigenvalue weighted by molar-refractivity contribution is 9.09. The topological polar surface area (TPSA) is 49.4 Å². The molecule has 0 aromatic carbocycles. The molecular formula is C23H35BrN2O2. The monoisotopic (exact) mass is 450 g/mol. The summed E-state index contributed by atoms with van der Waals surface area (Å²) in [6.45, 7) is 4.89. The Balaban J connectivity index is 1.63. The van der Waals surface area contributed by atoms with Crippen LogP contribution in [-0.4, -0.2) is 35.1 Å². The second kappa shape index (κ2) is 7.45. The van der Waals surface area contributed by atoms with Crippen molar-refractivity contribution in [1.82, 2.24) is 10.2 Å². The highest BCUT2D eigenvalue weighted by Gasteiger charge is 2.58. The van der Waals surface area contributed by atoms with Gasteiger partial charge in [0.1, 0.15) is 5.70 Å². The SMILES string of the molecule is CN1C(=O)C(NC(=O)CCCBr)=C[C@]2(C)[C@H]3CC[C@]4(C)CCC[C@H]4[C@@H]3CC[C@@H]12. The Hall–Kier alpha value is -0.840. The number of likely N-dealkylation sites (N-methyl/N-ethyl adjacent to an activating group) is 1. The second-order valence-electron chi connectivity index (χ2n) is 10.2. The number of fused-ring (bicyclic) bond motifs is 5. The predicted octanol–water partition coefficient (Wildman–Crippen LogP) is 4.63. The van der Waals surface area contributed by atoms with E-state index in [1.54, 1.807) is 0 Å². The third-order valence-electron chi connectivity index (χ3n) is 8.79. The molecule has 0 saturated heterocycles. The van der Waals surface area contributed by atoms with E-state index in [-0.39, 0.29) is 23.3 Å². The van der Waals surface area contributed by atoms with Crippen LogP contribution in [0.4, 0.5) is 0 Å². The molecule has 1 heterocycles. The van der Waals surface area contributed by atoms with Crippen molar-refractivity contribution >= 4 is 27.7 Å². The third kappa shape index (κ3) is 3.16. The molecule has 1 N–H and O–H groups in total. The number of nitrogens with one attached hydrogen (secondary N) is 1. The lowest BCUT2D eigenvalue weighted by atomic mass is 9.48. The first kappa shape index (κ1) is 20.4. The zero-order valence-corrected chi connectivity index (χ0v) is 19.2. The van der Waals surface area contributed by atoms with Crippen molar-refractivity contribution in [2.24, 2.45) is 28.6 Å². The molecule has 4 nitrogen and oxygen atoms in total. The number of rotatable bonds is 4. The van der Waals surface area contributed by atoms with Crippen LogP contribution in [0, 0.1) is 28.6 Å². The van der Waals surface area contributed by atoms with Crippen LogP contribution in [0.2, 0.25) is 0 Å². The van der Waals surface area contributed by atoms with Gasteiger partial charge < -0.3 is 10.2 Å². The van der Waals surface area contributed by atoms with E-state index in [0.717, 1.165) is 30.0 Å². The quantitative estimate of drug-likeness (QED) is 0.634. The van der Waals surface area contributed by atoms with Gasteiger partial charge in [0.2, 0.25) is 5.91 Å². The average Bonchev–Trinajstić information content (AvgIpc) is 3.06. The maximum Gasteiger partial charge on any atom is 0.270 e. The molecule has 4 rings (SSSR count). The van der Waals surface area contributed by atoms with Crippen LogP contribution < -0.4 is 5.32 Å². The van der Waals surface area contributed by atoms with Crippen molar-refractivity contribution in [2.75, 3.05) is 12.4 Å². The van der Waals surface area contributed by atoms with Crippen LogP contribution in [0.25, 0.3) is 0 Å². The van der Waals surface area contributed by atoms with Gasteiger partial charge in [0.05, 0.1) is 0 Å². The molecule has 0 radical (unpaired) electrons. The summed E-state index contributed by atoms with van der Waals surface area (Å²) in [5, 5.41) is 3.75. The molecule has 28 heavy (non-hydrogen) atoms. The highest BCUT2D eigenvalue weighted by Crippen LogP contribution is 2.64. The molecule has 0 aromatic rings. The summed E-state index contributed by atoms with van der Waals surface area (Å²) in [5.74, 6) is 2.17. The zero-order valence-electron chi connectivity index (χ0n) is 17.6. The lowest BCUT2D eigenvalue weighted by Crippen LogP contribution is -2.61. The Labute approximate surface area is 178 Å². The van der Waals surface area contributed by atoms with Gasteiger partial charge in [-0.15, -0.1) is 0 Å². The Kier molecular flexibility index (Phi) is 5.43. The van der Waals surface area contributed by atoms with E-state index in [1.165, 1.54) is 38.5 Å². The molecule has 0 unspecified atom stereocenters. The minimum Gasteiger partial charge on any atom is -0.337 e. The van der Waals surface area contributed by atoms with Gasteiger partial charge in [0.25, 0.3) is 5.91 Å². The maximum atomic E-state index is 13.0. The van der Waals surface area contributed by atoms with E-state index in [0.29, 0.717) is 23.5 Å². The summed E-state index contributed by atoms with van der Waals surface area (Å²) < 4.78 is 0. The van der Waals surface area contributed by atoms with Crippen LogP contribution in [0.3, 0.4) is 0 Å². The van der Waals surface area contributed by atoms with Gasteiger partial charge in [-0.3, -0.25) is 9.59 Å². The minimum absolute atomic E-state index is 0.0189. The molecule has 1 aliphatic heterocycles. The van der Waals surface area contributed by atoms with Crippen molar-refractivity contribution in [3.05, 3.63) is 11.8 Å². The molecule has 3 saturated carbocycles.